The number of carbonyl (C=O) groups excluding carboxylic acids is 1. The standard InChI is InChI=1S/C13H8ClN3O/c1-8-16-12(11(7-18)13(14)17-8)10-4-2-3-9(5-10)6-15/h2-5,7H,1H3. The lowest BCUT2D eigenvalue weighted by molar-refractivity contribution is 0.112. The molecule has 0 fully saturated rings. The van der Waals surface area contributed by atoms with Gasteiger partial charge in [0.25, 0.3) is 0 Å². The second-order valence-corrected chi connectivity index (χ2v) is 3.99. The van der Waals surface area contributed by atoms with Crippen LogP contribution in [0.25, 0.3) is 11.3 Å². The fourth-order valence-electron chi connectivity index (χ4n) is 1.61. The van der Waals surface area contributed by atoms with Gasteiger partial charge in [-0.25, -0.2) is 9.97 Å². The number of aryl methyl sites for hydroxylation is 1. The van der Waals surface area contributed by atoms with E-state index in [4.69, 9.17) is 16.9 Å². The maximum Gasteiger partial charge on any atom is 0.155 e. The van der Waals surface area contributed by atoms with Crippen molar-refractivity contribution in [3.05, 3.63) is 46.4 Å². The summed E-state index contributed by atoms with van der Waals surface area (Å²) < 4.78 is 0. The zero-order valence-electron chi connectivity index (χ0n) is 9.51. The molecule has 0 unspecified atom stereocenters. The third-order valence-corrected chi connectivity index (χ3v) is 2.68. The Morgan fingerprint density at radius 3 is 2.83 bits per heavy atom. The Morgan fingerprint density at radius 2 is 2.17 bits per heavy atom. The van der Waals surface area contributed by atoms with Crippen LogP contribution in [0.4, 0.5) is 0 Å². The summed E-state index contributed by atoms with van der Waals surface area (Å²) >= 11 is 5.91. The first-order valence-electron chi connectivity index (χ1n) is 5.15. The molecule has 88 valence electrons. The van der Waals surface area contributed by atoms with Crippen molar-refractivity contribution >= 4 is 17.9 Å². The zero-order chi connectivity index (χ0) is 13.1. The number of nitrogens with zero attached hydrogens (tertiary/aromatic N) is 3. The van der Waals surface area contributed by atoms with Crippen LogP contribution in [0.15, 0.2) is 24.3 Å². The number of rotatable bonds is 2. The maximum absolute atomic E-state index is 11.1. The molecule has 0 atom stereocenters. The molecule has 2 rings (SSSR count). The number of carbonyl (C=O) groups is 1. The Hall–Kier alpha value is -2.25. The van der Waals surface area contributed by atoms with Gasteiger partial charge in [-0.2, -0.15) is 5.26 Å². The SMILES string of the molecule is Cc1nc(Cl)c(C=O)c(-c2cccc(C#N)c2)n1. The van der Waals surface area contributed by atoms with Crippen LogP contribution in [0.3, 0.4) is 0 Å². The highest BCUT2D eigenvalue weighted by atomic mass is 35.5. The lowest BCUT2D eigenvalue weighted by atomic mass is 10.1. The molecular weight excluding hydrogens is 250 g/mol. The molecule has 1 aromatic carbocycles. The van der Waals surface area contributed by atoms with Crippen molar-refractivity contribution in [2.24, 2.45) is 0 Å². The Morgan fingerprint density at radius 1 is 1.39 bits per heavy atom. The van der Waals surface area contributed by atoms with Gasteiger partial charge in [0, 0.05) is 5.56 Å². The van der Waals surface area contributed by atoms with E-state index in [-0.39, 0.29) is 10.7 Å². The van der Waals surface area contributed by atoms with Crippen molar-refractivity contribution in [3.8, 4) is 17.3 Å². The van der Waals surface area contributed by atoms with Crippen LogP contribution in [-0.4, -0.2) is 16.3 Å². The number of benzene rings is 1. The Kier molecular flexibility index (Phi) is 3.35. The van der Waals surface area contributed by atoms with Gasteiger partial charge < -0.3 is 0 Å². The first-order chi connectivity index (χ1) is 8.65. The molecule has 2 aromatic rings. The van der Waals surface area contributed by atoms with Gasteiger partial charge in [0.15, 0.2) is 6.29 Å². The second-order valence-electron chi connectivity index (χ2n) is 3.63. The van der Waals surface area contributed by atoms with E-state index in [2.05, 4.69) is 9.97 Å². The summed E-state index contributed by atoms with van der Waals surface area (Å²) in [6, 6.07) is 8.88. The van der Waals surface area contributed by atoms with E-state index < -0.39 is 0 Å². The van der Waals surface area contributed by atoms with E-state index in [0.29, 0.717) is 28.9 Å². The number of halogens is 1. The highest BCUT2D eigenvalue weighted by Crippen LogP contribution is 2.25. The van der Waals surface area contributed by atoms with Gasteiger partial charge in [-0.3, -0.25) is 4.79 Å². The number of aromatic nitrogens is 2. The third-order valence-electron chi connectivity index (χ3n) is 2.39. The highest BCUT2D eigenvalue weighted by molar-refractivity contribution is 6.32. The van der Waals surface area contributed by atoms with E-state index >= 15 is 0 Å². The van der Waals surface area contributed by atoms with Crippen LogP contribution in [0.1, 0.15) is 21.7 Å². The van der Waals surface area contributed by atoms with Crippen molar-refractivity contribution in [2.45, 2.75) is 6.92 Å². The van der Waals surface area contributed by atoms with E-state index in [9.17, 15) is 4.79 Å². The van der Waals surface area contributed by atoms with E-state index in [1.807, 2.05) is 6.07 Å². The van der Waals surface area contributed by atoms with Crippen LogP contribution < -0.4 is 0 Å². The highest BCUT2D eigenvalue weighted by Gasteiger charge is 2.13. The summed E-state index contributed by atoms with van der Waals surface area (Å²) in [7, 11) is 0. The van der Waals surface area contributed by atoms with Gasteiger partial charge in [0.05, 0.1) is 22.9 Å². The van der Waals surface area contributed by atoms with Gasteiger partial charge in [-0.15, -0.1) is 0 Å². The number of hydrogen-bond acceptors (Lipinski definition) is 4. The first-order valence-corrected chi connectivity index (χ1v) is 5.53. The normalized spacial score (nSPS) is 9.83. The van der Waals surface area contributed by atoms with Crippen LogP contribution in [0.5, 0.6) is 0 Å². The minimum Gasteiger partial charge on any atom is -0.298 e. The van der Waals surface area contributed by atoms with Crippen molar-refractivity contribution in [1.29, 1.82) is 5.26 Å². The fraction of sp³-hybridized carbons (Fsp3) is 0.0769. The molecule has 0 bridgehead atoms. The lowest BCUT2D eigenvalue weighted by Crippen LogP contribution is -1.99. The van der Waals surface area contributed by atoms with Crippen LogP contribution in [-0.2, 0) is 0 Å². The van der Waals surface area contributed by atoms with Gasteiger partial charge in [0.1, 0.15) is 11.0 Å². The summed E-state index contributed by atoms with van der Waals surface area (Å²) in [5.41, 5.74) is 1.84. The molecule has 0 aliphatic rings. The van der Waals surface area contributed by atoms with E-state index in [0.717, 1.165) is 0 Å². The molecule has 0 aliphatic heterocycles. The average Bonchev–Trinajstić information content (AvgIpc) is 2.38. The summed E-state index contributed by atoms with van der Waals surface area (Å²) in [6.45, 7) is 1.69. The summed E-state index contributed by atoms with van der Waals surface area (Å²) in [5.74, 6) is 0.475. The summed E-state index contributed by atoms with van der Waals surface area (Å²) in [4.78, 5) is 19.2. The third kappa shape index (κ3) is 2.22. The number of hydrogen-bond donors (Lipinski definition) is 0. The lowest BCUT2D eigenvalue weighted by Gasteiger charge is -2.06. The Balaban J connectivity index is 2.70. The number of nitriles is 1. The smallest absolute Gasteiger partial charge is 0.155 e. The van der Waals surface area contributed by atoms with Crippen molar-refractivity contribution in [1.82, 2.24) is 9.97 Å². The molecule has 0 saturated heterocycles. The van der Waals surface area contributed by atoms with Crippen molar-refractivity contribution in [3.63, 3.8) is 0 Å². The van der Waals surface area contributed by atoms with Gasteiger partial charge >= 0.3 is 0 Å². The van der Waals surface area contributed by atoms with Gasteiger partial charge in [-0.05, 0) is 19.1 Å². The van der Waals surface area contributed by atoms with Gasteiger partial charge in [-0.1, -0.05) is 23.7 Å². The molecule has 0 N–H and O–H groups in total. The second kappa shape index (κ2) is 4.94. The maximum atomic E-state index is 11.1. The largest absolute Gasteiger partial charge is 0.298 e. The molecule has 0 aliphatic carbocycles. The zero-order valence-corrected chi connectivity index (χ0v) is 10.3. The predicted molar refractivity (Wildman–Crippen MR) is 67.3 cm³/mol. The van der Waals surface area contributed by atoms with Crippen LogP contribution >= 0.6 is 11.6 Å². The minimum atomic E-state index is 0.120. The first kappa shape index (κ1) is 12.2. The quantitative estimate of drug-likeness (QED) is 0.613. The summed E-state index contributed by atoms with van der Waals surface area (Å²) in [5, 5.41) is 8.99. The Labute approximate surface area is 109 Å². The van der Waals surface area contributed by atoms with Gasteiger partial charge in [0.2, 0.25) is 0 Å². The molecule has 1 heterocycles. The van der Waals surface area contributed by atoms with E-state index in [1.54, 1.807) is 31.2 Å². The monoisotopic (exact) mass is 257 g/mol. The molecular formula is C13H8ClN3O. The molecule has 18 heavy (non-hydrogen) atoms. The average molecular weight is 258 g/mol. The molecule has 1 aromatic heterocycles. The molecule has 0 saturated carbocycles. The number of aldehydes is 1. The molecule has 5 heteroatoms. The molecule has 0 spiro atoms. The molecule has 0 amide bonds. The Bertz CT molecular complexity index is 662. The molecule has 0 radical (unpaired) electrons. The van der Waals surface area contributed by atoms with Crippen LogP contribution in [0.2, 0.25) is 5.15 Å². The predicted octanol–water partition coefficient (Wildman–Crippen LogP) is 2.79. The topological polar surface area (TPSA) is 66.6 Å². The summed E-state index contributed by atoms with van der Waals surface area (Å²) in [6.07, 6.45) is 0.621. The van der Waals surface area contributed by atoms with Crippen molar-refractivity contribution in [2.75, 3.05) is 0 Å². The molecule has 4 nitrogen and oxygen atoms in total. The van der Waals surface area contributed by atoms with Crippen LogP contribution in [0, 0.1) is 18.3 Å². The minimum absolute atomic E-state index is 0.120. The fourth-order valence-corrected chi connectivity index (χ4v) is 1.86. The van der Waals surface area contributed by atoms with Crippen molar-refractivity contribution < 1.29 is 4.79 Å². The van der Waals surface area contributed by atoms with E-state index in [1.165, 1.54) is 0 Å².